The van der Waals surface area contributed by atoms with Crippen molar-refractivity contribution in [3.8, 4) is 6.07 Å². The number of hydrogen-bond donors (Lipinski definition) is 1. The van der Waals surface area contributed by atoms with Crippen molar-refractivity contribution in [2.24, 2.45) is 0 Å². The average Bonchev–Trinajstić information content (AvgIpc) is 2.60. The number of nitrogens with one attached hydrogen (secondary N) is 1. The predicted molar refractivity (Wildman–Crippen MR) is 56.1 cm³/mol. The van der Waals surface area contributed by atoms with Gasteiger partial charge in [0.25, 0.3) is 0 Å². The highest BCUT2D eigenvalue weighted by Gasteiger charge is 2.06. The fourth-order valence-corrected chi connectivity index (χ4v) is 2.34. The molecule has 0 aliphatic heterocycles. The van der Waals surface area contributed by atoms with Gasteiger partial charge in [-0.3, -0.25) is 0 Å². The molecule has 1 N–H and O–H groups in total. The zero-order valence-corrected chi connectivity index (χ0v) is 7.98. The summed E-state index contributed by atoms with van der Waals surface area (Å²) in [7, 11) is 1.87. The van der Waals surface area contributed by atoms with Crippen LogP contribution >= 0.6 is 11.3 Å². The van der Waals surface area contributed by atoms with Crippen molar-refractivity contribution in [1.82, 2.24) is 0 Å². The van der Waals surface area contributed by atoms with E-state index in [0.717, 1.165) is 21.3 Å². The minimum absolute atomic E-state index is 0.739. The van der Waals surface area contributed by atoms with Gasteiger partial charge >= 0.3 is 0 Å². The third kappa shape index (κ3) is 1.16. The van der Waals surface area contributed by atoms with Crippen LogP contribution in [0.2, 0.25) is 0 Å². The summed E-state index contributed by atoms with van der Waals surface area (Å²) in [5, 5.41) is 15.1. The van der Waals surface area contributed by atoms with Gasteiger partial charge in [-0.2, -0.15) is 5.26 Å². The maximum Gasteiger partial charge on any atom is 0.0999 e. The lowest BCUT2D eigenvalue weighted by Crippen LogP contribution is -1.86. The molecule has 0 aliphatic carbocycles. The van der Waals surface area contributed by atoms with Crippen LogP contribution in [0.15, 0.2) is 23.6 Å². The first-order valence-electron chi connectivity index (χ1n) is 3.95. The monoisotopic (exact) mass is 188 g/mol. The van der Waals surface area contributed by atoms with E-state index in [1.165, 1.54) is 0 Å². The van der Waals surface area contributed by atoms with Gasteiger partial charge in [-0.25, -0.2) is 0 Å². The lowest BCUT2D eigenvalue weighted by Gasteiger charge is -1.97. The van der Waals surface area contributed by atoms with Crippen molar-refractivity contribution in [2.45, 2.75) is 0 Å². The topological polar surface area (TPSA) is 35.8 Å². The molecule has 0 amide bonds. The molecule has 13 heavy (non-hydrogen) atoms. The summed E-state index contributed by atoms with van der Waals surface area (Å²) in [6.07, 6.45) is 0. The molecule has 0 aliphatic rings. The molecule has 2 rings (SSSR count). The molecule has 0 unspecified atom stereocenters. The Bertz CT molecular complexity index is 479. The minimum Gasteiger partial charge on any atom is -0.387 e. The third-order valence-corrected chi connectivity index (χ3v) is 2.94. The lowest BCUT2D eigenvalue weighted by molar-refractivity contribution is 1.50. The van der Waals surface area contributed by atoms with Gasteiger partial charge in [0.2, 0.25) is 0 Å². The molecule has 64 valence electrons. The standard InChI is InChI=1S/C10H8N2S/c1-12-8-6-13-9-4-2-3-7(5-11)10(8)9/h2-4,6,12H,1H3. The van der Waals surface area contributed by atoms with E-state index in [0.29, 0.717) is 0 Å². The van der Waals surface area contributed by atoms with Crippen LogP contribution in [-0.2, 0) is 0 Å². The van der Waals surface area contributed by atoms with Gasteiger partial charge in [0.15, 0.2) is 0 Å². The summed E-state index contributed by atoms with van der Waals surface area (Å²) in [4.78, 5) is 0. The van der Waals surface area contributed by atoms with Crippen LogP contribution in [0.25, 0.3) is 10.1 Å². The van der Waals surface area contributed by atoms with Gasteiger partial charge in [-0.05, 0) is 12.1 Å². The minimum atomic E-state index is 0.739. The Balaban J connectivity index is 2.85. The van der Waals surface area contributed by atoms with Crippen LogP contribution in [0.3, 0.4) is 0 Å². The normalized spacial score (nSPS) is 9.85. The van der Waals surface area contributed by atoms with Crippen LogP contribution in [-0.4, -0.2) is 7.05 Å². The Labute approximate surface area is 80.4 Å². The second-order valence-electron chi connectivity index (χ2n) is 2.69. The smallest absolute Gasteiger partial charge is 0.0999 e. The summed E-state index contributed by atoms with van der Waals surface area (Å²) in [5.41, 5.74) is 1.78. The van der Waals surface area contributed by atoms with Crippen LogP contribution < -0.4 is 5.32 Å². The fourth-order valence-electron chi connectivity index (χ4n) is 1.37. The maximum absolute atomic E-state index is 8.90. The molecule has 0 fully saturated rings. The molecule has 1 aromatic heterocycles. The first kappa shape index (κ1) is 8.09. The van der Waals surface area contributed by atoms with E-state index in [-0.39, 0.29) is 0 Å². The quantitative estimate of drug-likeness (QED) is 0.747. The molecule has 0 saturated carbocycles. The molecule has 2 aromatic rings. The summed E-state index contributed by atoms with van der Waals surface area (Å²) in [6, 6.07) is 7.98. The number of nitrogens with zero attached hydrogens (tertiary/aromatic N) is 1. The molecule has 0 radical (unpaired) electrons. The molecule has 0 bridgehead atoms. The highest BCUT2D eigenvalue weighted by molar-refractivity contribution is 7.17. The first-order valence-corrected chi connectivity index (χ1v) is 4.83. The Hall–Kier alpha value is -1.53. The van der Waals surface area contributed by atoms with Crippen molar-refractivity contribution in [2.75, 3.05) is 12.4 Å². The number of thiophene rings is 1. The Morgan fingerprint density at radius 1 is 1.46 bits per heavy atom. The van der Waals surface area contributed by atoms with Crippen LogP contribution in [0.5, 0.6) is 0 Å². The van der Waals surface area contributed by atoms with E-state index in [9.17, 15) is 0 Å². The van der Waals surface area contributed by atoms with Gasteiger partial charge in [-0.1, -0.05) is 6.07 Å². The second-order valence-corrected chi connectivity index (χ2v) is 3.60. The first-order chi connectivity index (χ1) is 6.36. The van der Waals surface area contributed by atoms with E-state index < -0.39 is 0 Å². The van der Waals surface area contributed by atoms with Crippen LogP contribution in [0.1, 0.15) is 5.56 Å². The summed E-state index contributed by atoms with van der Waals surface area (Å²) >= 11 is 1.65. The zero-order valence-electron chi connectivity index (χ0n) is 7.16. The second kappa shape index (κ2) is 3.08. The van der Waals surface area contributed by atoms with E-state index >= 15 is 0 Å². The van der Waals surface area contributed by atoms with Gasteiger partial charge in [-0.15, -0.1) is 11.3 Å². The largest absolute Gasteiger partial charge is 0.387 e. The molecule has 3 heteroatoms. The van der Waals surface area contributed by atoms with Crippen LogP contribution in [0, 0.1) is 11.3 Å². The molecular weight excluding hydrogens is 180 g/mol. The molecule has 1 heterocycles. The molecule has 0 atom stereocenters. The molecule has 0 spiro atoms. The third-order valence-electron chi connectivity index (χ3n) is 1.99. The van der Waals surface area contributed by atoms with E-state index in [1.807, 2.05) is 30.6 Å². The molecule has 1 aromatic carbocycles. The van der Waals surface area contributed by atoms with Crippen molar-refractivity contribution < 1.29 is 0 Å². The number of anilines is 1. The maximum atomic E-state index is 8.90. The summed E-state index contributed by atoms with van der Waals surface area (Å²) in [5.74, 6) is 0. The zero-order chi connectivity index (χ0) is 9.26. The highest BCUT2D eigenvalue weighted by atomic mass is 32.1. The van der Waals surface area contributed by atoms with E-state index in [1.54, 1.807) is 11.3 Å². The SMILES string of the molecule is CNc1csc2cccc(C#N)c12. The molecule has 2 nitrogen and oxygen atoms in total. The predicted octanol–water partition coefficient (Wildman–Crippen LogP) is 2.81. The van der Waals surface area contributed by atoms with Gasteiger partial charge in [0, 0.05) is 22.5 Å². The van der Waals surface area contributed by atoms with Gasteiger partial charge in [0.05, 0.1) is 17.3 Å². The van der Waals surface area contributed by atoms with Crippen molar-refractivity contribution in [3.05, 3.63) is 29.1 Å². The summed E-state index contributed by atoms with van der Waals surface area (Å²) in [6.45, 7) is 0. The number of hydrogen-bond acceptors (Lipinski definition) is 3. The number of nitriles is 1. The number of benzene rings is 1. The van der Waals surface area contributed by atoms with Crippen molar-refractivity contribution in [3.63, 3.8) is 0 Å². The van der Waals surface area contributed by atoms with Crippen LogP contribution in [0.4, 0.5) is 5.69 Å². The van der Waals surface area contributed by atoms with E-state index in [2.05, 4.69) is 11.4 Å². The highest BCUT2D eigenvalue weighted by Crippen LogP contribution is 2.32. The Kier molecular flexibility index (Phi) is 1.91. The average molecular weight is 188 g/mol. The van der Waals surface area contributed by atoms with Gasteiger partial charge in [0.1, 0.15) is 0 Å². The molecule has 0 saturated heterocycles. The fraction of sp³-hybridized carbons (Fsp3) is 0.100. The number of rotatable bonds is 1. The van der Waals surface area contributed by atoms with Gasteiger partial charge < -0.3 is 5.32 Å². The van der Waals surface area contributed by atoms with Crippen molar-refractivity contribution >= 4 is 27.1 Å². The van der Waals surface area contributed by atoms with E-state index in [4.69, 9.17) is 5.26 Å². The Morgan fingerprint density at radius 2 is 2.31 bits per heavy atom. The lowest BCUT2D eigenvalue weighted by atomic mass is 10.1. The molecular formula is C10H8N2S. The Morgan fingerprint density at radius 3 is 3.00 bits per heavy atom. The number of fused-ring (bicyclic) bond motifs is 1. The van der Waals surface area contributed by atoms with Crippen molar-refractivity contribution in [1.29, 1.82) is 5.26 Å². The summed E-state index contributed by atoms with van der Waals surface area (Å²) < 4.78 is 1.16.